The number of nitrogen functional groups attached to an aromatic ring is 1. The van der Waals surface area contributed by atoms with Gasteiger partial charge in [0.1, 0.15) is 29.6 Å². The van der Waals surface area contributed by atoms with Crippen LogP contribution in [0.15, 0.2) is 24.5 Å². The molecule has 1 aromatic carbocycles. The number of carbonyl (C=O) groups is 1. The van der Waals surface area contributed by atoms with Gasteiger partial charge >= 0.3 is 5.97 Å². The summed E-state index contributed by atoms with van der Waals surface area (Å²) in [5.74, 6) is -2.51. The quantitative estimate of drug-likeness (QED) is 0.304. The zero-order chi connectivity index (χ0) is 26.2. The number of nitrogens with two attached hydrogens (primary N) is 1. The molecule has 15 heteroatoms. The maximum atomic E-state index is 15.0. The Morgan fingerprint density at radius 3 is 2.81 bits per heavy atom. The van der Waals surface area contributed by atoms with Crippen LogP contribution >= 0.6 is 11.6 Å². The summed E-state index contributed by atoms with van der Waals surface area (Å²) in [5, 5.41) is 38.7. The molecule has 4 rings (SSSR count). The van der Waals surface area contributed by atoms with Crippen LogP contribution in [0.4, 0.5) is 14.6 Å². The maximum absolute atomic E-state index is 15.0. The van der Waals surface area contributed by atoms with E-state index in [0.717, 1.165) is 16.7 Å². The molecule has 0 saturated carbocycles. The highest BCUT2D eigenvalue weighted by molar-refractivity contribution is 6.28. The minimum Gasteiger partial charge on any atom is -0.479 e. The summed E-state index contributed by atoms with van der Waals surface area (Å²) < 4.78 is 41.2. The number of hydrogen-bond donors (Lipinski definition) is 4. The van der Waals surface area contributed by atoms with E-state index in [2.05, 4.69) is 15.0 Å². The van der Waals surface area contributed by atoms with Crippen molar-refractivity contribution in [3.8, 4) is 6.07 Å². The van der Waals surface area contributed by atoms with Gasteiger partial charge in [0.2, 0.25) is 5.28 Å². The molecule has 12 nitrogen and oxygen atoms in total. The third-order valence-electron chi connectivity index (χ3n) is 5.80. The van der Waals surface area contributed by atoms with E-state index >= 15 is 4.39 Å². The van der Waals surface area contributed by atoms with Gasteiger partial charge in [-0.25, -0.2) is 18.6 Å². The van der Waals surface area contributed by atoms with Gasteiger partial charge in [-0.2, -0.15) is 15.2 Å². The van der Waals surface area contributed by atoms with Gasteiger partial charge in [-0.05, 0) is 29.3 Å². The summed E-state index contributed by atoms with van der Waals surface area (Å²) in [4.78, 5) is 23.8. The molecule has 36 heavy (non-hydrogen) atoms. The number of hydrogen-bond acceptors (Lipinski definition) is 10. The topological polar surface area (TPSA) is 190 Å². The Morgan fingerprint density at radius 1 is 1.42 bits per heavy atom. The van der Waals surface area contributed by atoms with Crippen molar-refractivity contribution >= 4 is 34.6 Å². The van der Waals surface area contributed by atoms with Crippen molar-refractivity contribution in [2.24, 2.45) is 0 Å². The Morgan fingerprint density at radius 2 is 2.17 bits per heavy atom. The number of carboxylic acid groups (broad SMARTS) is 1. The fraction of sp³-hybridized carbons (Fsp3) is 0.381. The average Bonchev–Trinajstić information content (AvgIpc) is 3.37. The van der Waals surface area contributed by atoms with Crippen molar-refractivity contribution in [1.29, 1.82) is 5.26 Å². The van der Waals surface area contributed by atoms with Gasteiger partial charge in [0.15, 0.2) is 29.5 Å². The summed E-state index contributed by atoms with van der Waals surface area (Å²) in [5.41, 5.74) is 3.53. The first-order valence-corrected chi connectivity index (χ1v) is 10.8. The molecule has 0 amide bonds. The average molecular weight is 525 g/mol. The molecule has 3 heterocycles. The fourth-order valence-electron chi connectivity index (χ4n) is 3.85. The molecule has 1 saturated heterocycles. The Kier molecular flexibility index (Phi) is 7.03. The van der Waals surface area contributed by atoms with Crippen LogP contribution in [0, 0.1) is 17.1 Å². The lowest BCUT2D eigenvalue weighted by atomic mass is 9.94. The van der Waals surface area contributed by atoms with Crippen LogP contribution in [0.5, 0.6) is 0 Å². The zero-order valence-electron chi connectivity index (χ0n) is 18.3. The van der Waals surface area contributed by atoms with E-state index in [4.69, 9.17) is 32.1 Å². The number of aliphatic hydroxyl groups is 2. The summed E-state index contributed by atoms with van der Waals surface area (Å²) in [6, 6.07) is 5.07. The van der Waals surface area contributed by atoms with E-state index in [9.17, 15) is 24.5 Å². The van der Waals surface area contributed by atoms with Crippen LogP contribution in [0.1, 0.15) is 17.4 Å². The molecule has 1 unspecified atom stereocenters. The minimum absolute atomic E-state index is 0.0481. The number of halogens is 3. The number of nitrogens with zero attached hydrogens (tertiary/aromatic N) is 5. The molecule has 1 aliphatic heterocycles. The van der Waals surface area contributed by atoms with Crippen molar-refractivity contribution in [1.82, 2.24) is 19.5 Å². The number of aromatic nitrogens is 4. The molecule has 3 aromatic rings. The molecule has 0 spiro atoms. The zero-order valence-corrected chi connectivity index (χ0v) is 19.0. The predicted octanol–water partition coefficient (Wildman–Crippen LogP) is 0.744. The van der Waals surface area contributed by atoms with Gasteiger partial charge in [-0.1, -0.05) is 6.07 Å². The Hall–Kier alpha value is -3.48. The Labute approximate surface area is 206 Å². The van der Waals surface area contributed by atoms with Gasteiger partial charge in [-0.15, -0.1) is 0 Å². The van der Waals surface area contributed by atoms with Crippen LogP contribution in [0.25, 0.3) is 11.2 Å². The lowest BCUT2D eigenvalue weighted by molar-refractivity contribution is -0.180. The van der Waals surface area contributed by atoms with Crippen molar-refractivity contribution in [2.75, 3.05) is 18.9 Å². The van der Waals surface area contributed by atoms with Gasteiger partial charge in [-0.3, -0.25) is 4.57 Å². The normalized spacial score (nSPS) is 23.4. The first-order valence-electron chi connectivity index (χ1n) is 10.4. The van der Waals surface area contributed by atoms with Crippen LogP contribution in [-0.2, 0) is 20.7 Å². The SMILES string of the molecule is N#Cc1ccc(CC(CO)(OC[C@H]2O[C@@H](n3cnc4c(N)nc(Cl)nc43)[C@@H](F)[C@@H]2O)C(=O)O)cc1F. The summed E-state index contributed by atoms with van der Waals surface area (Å²) in [6.07, 6.45) is -5.88. The van der Waals surface area contributed by atoms with E-state index in [-0.39, 0.29) is 33.4 Å². The number of aliphatic hydroxyl groups excluding tert-OH is 2. The van der Waals surface area contributed by atoms with Crippen molar-refractivity contribution in [3.05, 3.63) is 46.8 Å². The number of ether oxygens (including phenoxy) is 2. The molecule has 2 aromatic heterocycles. The number of nitriles is 1. The van der Waals surface area contributed by atoms with E-state index in [1.165, 1.54) is 12.4 Å². The summed E-state index contributed by atoms with van der Waals surface area (Å²) >= 11 is 5.83. The number of aliphatic carboxylic acids is 1. The molecule has 5 N–H and O–H groups in total. The lowest BCUT2D eigenvalue weighted by Gasteiger charge is -2.29. The molecule has 5 atom stereocenters. The van der Waals surface area contributed by atoms with Gasteiger partial charge in [0.25, 0.3) is 0 Å². The standard InChI is InChI=1S/C21H19ClF2N6O6/c22-20-28-16(26)14-17(29-20)30(8-27-14)18-13(24)15(32)12(36-18)6-35-21(7-31,19(33)34)4-9-1-2-10(5-25)11(23)3-9/h1-3,8,12-13,15,18,31-32H,4,6-7H2,(H,33,34)(H2,26,28,29)/t12-,13+,15-,18-,21?/m1/s1. The Bertz CT molecular complexity index is 1350. The van der Waals surface area contributed by atoms with Gasteiger partial charge in [0, 0.05) is 6.42 Å². The third kappa shape index (κ3) is 4.54. The van der Waals surface area contributed by atoms with Gasteiger partial charge < -0.3 is 30.5 Å². The maximum Gasteiger partial charge on any atom is 0.338 e. The van der Waals surface area contributed by atoms with Crippen LogP contribution in [-0.4, -0.2) is 78.0 Å². The molecule has 190 valence electrons. The van der Waals surface area contributed by atoms with E-state index < -0.39 is 61.6 Å². The molecule has 1 aliphatic rings. The second-order valence-corrected chi connectivity index (χ2v) is 8.41. The molecule has 0 radical (unpaired) electrons. The van der Waals surface area contributed by atoms with E-state index in [1.54, 1.807) is 6.07 Å². The van der Waals surface area contributed by atoms with Crippen LogP contribution in [0.2, 0.25) is 5.28 Å². The number of benzene rings is 1. The lowest BCUT2D eigenvalue weighted by Crippen LogP contribution is -2.49. The number of fused-ring (bicyclic) bond motifs is 1. The monoisotopic (exact) mass is 524 g/mol. The Balaban J connectivity index is 1.54. The second-order valence-electron chi connectivity index (χ2n) is 8.07. The number of anilines is 1. The minimum atomic E-state index is -2.27. The first kappa shape index (κ1) is 25.6. The summed E-state index contributed by atoms with van der Waals surface area (Å²) in [7, 11) is 0. The fourth-order valence-corrected chi connectivity index (χ4v) is 4.02. The van der Waals surface area contributed by atoms with Crippen molar-refractivity contribution in [2.45, 2.75) is 36.6 Å². The third-order valence-corrected chi connectivity index (χ3v) is 5.97. The smallest absolute Gasteiger partial charge is 0.338 e. The predicted molar refractivity (Wildman–Crippen MR) is 118 cm³/mol. The van der Waals surface area contributed by atoms with E-state index in [1.807, 2.05) is 0 Å². The summed E-state index contributed by atoms with van der Waals surface area (Å²) in [6.45, 7) is -1.68. The highest BCUT2D eigenvalue weighted by Gasteiger charge is 2.48. The van der Waals surface area contributed by atoms with Gasteiger partial charge in [0.05, 0.1) is 25.1 Å². The highest BCUT2D eigenvalue weighted by Crippen LogP contribution is 2.35. The largest absolute Gasteiger partial charge is 0.479 e. The first-order chi connectivity index (χ1) is 17.1. The van der Waals surface area contributed by atoms with E-state index in [0.29, 0.717) is 0 Å². The van der Waals surface area contributed by atoms with Crippen molar-refractivity contribution in [3.63, 3.8) is 0 Å². The number of rotatable bonds is 8. The van der Waals surface area contributed by atoms with Crippen LogP contribution in [0.3, 0.4) is 0 Å². The highest BCUT2D eigenvalue weighted by atomic mass is 35.5. The van der Waals surface area contributed by atoms with Crippen LogP contribution < -0.4 is 5.73 Å². The molecular formula is C21H19ClF2N6O6. The molecular weight excluding hydrogens is 506 g/mol. The molecule has 1 fully saturated rings. The van der Waals surface area contributed by atoms with Crippen molar-refractivity contribution < 1.29 is 38.4 Å². The number of imidazole rings is 1. The number of carboxylic acids is 1. The second kappa shape index (κ2) is 9.88. The number of alkyl halides is 1. The molecule has 0 bridgehead atoms. The molecule has 0 aliphatic carbocycles.